The van der Waals surface area contributed by atoms with Gasteiger partial charge in [-0.1, -0.05) is 36.4 Å². The molecule has 106 valence electrons. The molecule has 0 fully saturated rings. The third kappa shape index (κ3) is 3.77. The van der Waals surface area contributed by atoms with Crippen LogP contribution in [0.2, 0.25) is 0 Å². The van der Waals surface area contributed by atoms with Crippen molar-refractivity contribution in [3.05, 3.63) is 66.5 Å². The lowest BCUT2D eigenvalue weighted by atomic mass is 10.1. The third-order valence-electron chi connectivity index (χ3n) is 3.29. The van der Waals surface area contributed by atoms with E-state index in [4.69, 9.17) is 0 Å². The van der Waals surface area contributed by atoms with Crippen molar-refractivity contribution in [1.82, 2.24) is 15.3 Å². The topological polar surface area (TPSA) is 49.8 Å². The van der Waals surface area contributed by atoms with Crippen LogP contribution in [0.5, 0.6) is 0 Å². The van der Waals surface area contributed by atoms with Gasteiger partial charge in [-0.05, 0) is 28.5 Å². The second-order valence-electron chi connectivity index (χ2n) is 4.86. The molecular formula is C17H18N4. The van der Waals surface area contributed by atoms with Crippen molar-refractivity contribution in [2.24, 2.45) is 0 Å². The van der Waals surface area contributed by atoms with Crippen LogP contribution >= 0.6 is 0 Å². The molecule has 1 aromatic heterocycles. The van der Waals surface area contributed by atoms with Gasteiger partial charge in [0, 0.05) is 32.0 Å². The number of hydrogen-bond acceptors (Lipinski definition) is 4. The van der Waals surface area contributed by atoms with Crippen LogP contribution in [-0.2, 0) is 6.54 Å². The van der Waals surface area contributed by atoms with Crippen LogP contribution in [-0.4, -0.2) is 23.1 Å². The summed E-state index contributed by atoms with van der Waals surface area (Å²) >= 11 is 0. The van der Waals surface area contributed by atoms with Crippen LogP contribution in [0.1, 0.15) is 5.56 Å². The minimum atomic E-state index is 0.671. The van der Waals surface area contributed by atoms with Gasteiger partial charge in [0.05, 0.1) is 0 Å². The molecule has 0 atom stereocenters. The summed E-state index contributed by atoms with van der Waals surface area (Å²) < 4.78 is 0. The van der Waals surface area contributed by atoms with Crippen LogP contribution in [0, 0.1) is 0 Å². The van der Waals surface area contributed by atoms with E-state index in [2.05, 4.69) is 63.1 Å². The number of aromatic nitrogens is 2. The van der Waals surface area contributed by atoms with Crippen molar-refractivity contribution >= 4 is 16.7 Å². The van der Waals surface area contributed by atoms with Gasteiger partial charge < -0.3 is 10.6 Å². The number of fused-ring (bicyclic) bond motifs is 1. The van der Waals surface area contributed by atoms with Gasteiger partial charge >= 0.3 is 0 Å². The Morgan fingerprint density at radius 3 is 2.48 bits per heavy atom. The maximum absolute atomic E-state index is 4.12. The highest BCUT2D eigenvalue weighted by Crippen LogP contribution is 2.15. The Bertz CT molecular complexity index is 697. The summed E-state index contributed by atoms with van der Waals surface area (Å²) in [4.78, 5) is 8.24. The molecule has 3 aromatic rings. The van der Waals surface area contributed by atoms with Crippen molar-refractivity contribution in [2.45, 2.75) is 6.54 Å². The summed E-state index contributed by atoms with van der Waals surface area (Å²) in [6, 6.07) is 16.8. The normalized spacial score (nSPS) is 10.7. The molecule has 0 aliphatic rings. The maximum atomic E-state index is 4.12. The van der Waals surface area contributed by atoms with E-state index >= 15 is 0 Å². The number of benzene rings is 2. The zero-order chi connectivity index (χ0) is 14.3. The number of nitrogens with one attached hydrogen (secondary N) is 2. The minimum absolute atomic E-state index is 0.671. The molecular weight excluding hydrogens is 260 g/mol. The zero-order valence-corrected chi connectivity index (χ0v) is 11.8. The molecule has 21 heavy (non-hydrogen) atoms. The first-order valence-electron chi connectivity index (χ1n) is 7.11. The monoisotopic (exact) mass is 278 g/mol. The summed E-state index contributed by atoms with van der Waals surface area (Å²) in [5.74, 6) is 0.671. The molecule has 2 aromatic carbocycles. The van der Waals surface area contributed by atoms with Gasteiger partial charge in [0.25, 0.3) is 0 Å². The maximum Gasteiger partial charge on any atom is 0.222 e. The molecule has 4 heteroatoms. The van der Waals surface area contributed by atoms with E-state index in [1.807, 2.05) is 6.07 Å². The van der Waals surface area contributed by atoms with E-state index in [1.165, 1.54) is 16.3 Å². The summed E-state index contributed by atoms with van der Waals surface area (Å²) in [7, 11) is 0. The molecule has 3 rings (SSSR count). The fourth-order valence-corrected chi connectivity index (χ4v) is 2.23. The van der Waals surface area contributed by atoms with Crippen LogP contribution in [0.15, 0.2) is 60.9 Å². The Kier molecular flexibility index (Phi) is 4.39. The van der Waals surface area contributed by atoms with Gasteiger partial charge in [-0.3, -0.25) is 0 Å². The number of nitrogens with zero attached hydrogens (tertiary/aromatic N) is 2. The van der Waals surface area contributed by atoms with Crippen molar-refractivity contribution in [2.75, 3.05) is 18.4 Å². The molecule has 0 radical (unpaired) electrons. The van der Waals surface area contributed by atoms with Gasteiger partial charge in [-0.25, -0.2) is 9.97 Å². The first-order chi connectivity index (χ1) is 10.4. The molecule has 4 nitrogen and oxygen atoms in total. The van der Waals surface area contributed by atoms with Gasteiger partial charge in [0.15, 0.2) is 0 Å². The summed E-state index contributed by atoms with van der Waals surface area (Å²) in [5.41, 5.74) is 1.30. The second-order valence-corrected chi connectivity index (χ2v) is 4.86. The zero-order valence-electron chi connectivity index (χ0n) is 11.8. The van der Waals surface area contributed by atoms with Crippen LogP contribution in [0.4, 0.5) is 5.95 Å². The summed E-state index contributed by atoms with van der Waals surface area (Å²) in [6.45, 7) is 2.53. The molecule has 0 aliphatic heterocycles. The van der Waals surface area contributed by atoms with Crippen molar-refractivity contribution in [3.63, 3.8) is 0 Å². The van der Waals surface area contributed by atoms with E-state index in [1.54, 1.807) is 12.4 Å². The molecule has 0 spiro atoms. The molecule has 0 saturated heterocycles. The van der Waals surface area contributed by atoms with Gasteiger partial charge in [0.1, 0.15) is 0 Å². The highest BCUT2D eigenvalue weighted by molar-refractivity contribution is 5.82. The number of anilines is 1. The summed E-state index contributed by atoms with van der Waals surface area (Å²) in [5, 5.41) is 9.16. The average Bonchev–Trinajstić information content (AvgIpc) is 2.55. The van der Waals surface area contributed by atoms with Gasteiger partial charge in [0.2, 0.25) is 5.95 Å². The quantitative estimate of drug-likeness (QED) is 0.681. The molecule has 0 bridgehead atoms. The standard InChI is InChI=1S/C17H18N4/c1-2-5-16-12-14(6-7-15(16)4-1)13-18-10-11-21-17-19-8-3-9-20-17/h1-9,12,18H,10-11,13H2,(H,19,20,21). The molecule has 2 N–H and O–H groups in total. The molecule has 0 aliphatic carbocycles. The SMILES string of the molecule is c1cnc(NCCNCc2ccc3ccccc3c2)nc1. The Morgan fingerprint density at radius 2 is 1.62 bits per heavy atom. The fraction of sp³-hybridized carbons (Fsp3) is 0.176. The predicted octanol–water partition coefficient (Wildman–Crippen LogP) is 2.83. The highest BCUT2D eigenvalue weighted by atomic mass is 15.1. The van der Waals surface area contributed by atoms with E-state index in [-0.39, 0.29) is 0 Å². The number of hydrogen-bond donors (Lipinski definition) is 2. The molecule has 0 amide bonds. The van der Waals surface area contributed by atoms with Crippen molar-refractivity contribution in [3.8, 4) is 0 Å². The first-order valence-corrected chi connectivity index (χ1v) is 7.11. The molecule has 1 heterocycles. The Morgan fingerprint density at radius 1 is 0.810 bits per heavy atom. The molecule has 0 unspecified atom stereocenters. The van der Waals surface area contributed by atoms with Crippen molar-refractivity contribution < 1.29 is 0 Å². The van der Waals surface area contributed by atoms with Crippen molar-refractivity contribution in [1.29, 1.82) is 0 Å². The van der Waals surface area contributed by atoms with Gasteiger partial charge in [-0.15, -0.1) is 0 Å². The lowest BCUT2D eigenvalue weighted by Gasteiger charge is -2.07. The highest BCUT2D eigenvalue weighted by Gasteiger charge is 1.96. The predicted molar refractivity (Wildman–Crippen MR) is 86.2 cm³/mol. The second kappa shape index (κ2) is 6.81. The Balaban J connectivity index is 1.46. The lowest BCUT2D eigenvalue weighted by molar-refractivity contribution is 0.705. The third-order valence-corrected chi connectivity index (χ3v) is 3.29. The lowest BCUT2D eigenvalue weighted by Crippen LogP contribution is -2.22. The van der Waals surface area contributed by atoms with Gasteiger partial charge in [-0.2, -0.15) is 0 Å². The van der Waals surface area contributed by atoms with E-state index in [0.29, 0.717) is 5.95 Å². The Labute approximate surface area is 124 Å². The van der Waals surface area contributed by atoms with E-state index < -0.39 is 0 Å². The number of rotatable bonds is 6. The van der Waals surface area contributed by atoms with Crippen LogP contribution in [0.3, 0.4) is 0 Å². The average molecular weight is 278 g/mol. The van der Waals surface area contributed by atoms with Crippen LogP contribution < -0.4 is 10.6 Å². The smallest absolute Gasteiger partial charge is 0.222 e. The van der Waals surface area contributed by atoms with E-state index in [0.717, 1.165) is 19.6 Å². The molecule has 0 saturated carbocycles. The van der Waals surface area contributed by atoms with E-state index in [9.17, 15) is 0 Å². The van der Waals surface area contributed by atoms with Crippen LogP contribution in [0.25, 0.3) is 10.8 Å². The Hall–Kier alpha value is -2.46. The fourth-order valence-electron chi connectivity index (χ4n) is 2.23. The largest absolute Gasteiger partial charge is 0.353 e. The first kappa shape index (κ1) is 13.5. The minimum Gasteiger partial charge on any atom is -0.353 e. The summed E-state index contributed by atoms with van der Waals surface area (Å²) in [6.07, 6.45) is 3.47.